The molecule has 1 unspecified atom stereocenters. The first-order valence-electron chi connectivity index (χ1n) is 13.1. The summed E-state index contributed by atoms with van der Waals surface area (Å²) in [6.07, 6.45) is 0. The lowest BCUT2D eigenvalue weighted by Gasteiger charge is -2.33. The van der Waals surface area contributed by atoms with Gasteiger partial charge in [-0.05, 0) is 83.4 Å². The van der Waals surface area contributed by atoms with E-state index in [0.717, 1.165) is 32.1 Å². The SMILES string of the molecule is Cc1ccc(CN(C(=O)CN(c2cccc(C)c2C)S(=O)(=O)c2ccc(C)cc2)C(C)C(=O)NC(C)C)cc1. The van der Waals surface area contributed by atoms with Crippen LogP contribution in [0.25, 0.3) is 0 Å². The molecular weight excluding hydrogens is 510 g/mol. The fourth-order valence-electron chi connectivity index (χ4n) is 4.23. The Morgan fingerprint density at radius 1 is 0.821 bits per heavy atom. The zero-order valence-corrected chi connectivity index (χ0v) is 24.7. The Morgan fingerprint density at radius 2 is 1.38 bits per heavy atom. The van der Waals surface area contributed by atoms with Crippen LogP contribution in [0.15, 0.2) is 71.6 Å². The maximum atomic E-state index is 14.0. The molecule has 39 heavy (non-hydrogen) atoms. The van der Waals surface area contributed by atoms with Gasteiger partial charge in [0.25, 0.3) is 10.0 Å². The van der Waals surface area contributed by atoms with E-state index in [0.29, 0.717) is 5.69 Å². The van der Waals surface area contributed by atoms with Crippen molar-refractivity contribution in [2.75, 3.05) is 10.8 Å². The van der Waals surface area contributed by atoms with Gasteiger partial charge in [-0.15, -0.1) is 0 Å². The second-order valence-electron chi connectivity index (χ2n) is 10.4. The van der Waals surface area contributed by atoms with Crippen LogP contribution in [0.4, 0.5) is 5.69 Å². The van der Waals surface area contributed by atoms with Gasteiger partial charge in [-0.2, -0.15) is 0 Å². The smallest absolute Gasteiger partial charge is 0.264 e. The minimum absolute atomic E-state index is 0.0949. The van der Waals surface area contributed by atoms with Crippen LogP contribution in [0.1, 0.15) is 48.6 Å². The largest absolute Gasteiger partial charge is 0.352 e. The molecular formula is C31H39N3O4S. The van der Waals surface area contributed by atoms with Gasteiger partial charge in [-0.1, -0.05) is 59.7 Å². The van der Waals surface area contributed by atoms with Crippen molar-refractivity contribution in [2.24, 2.45) is 0 Å². The number of sulfonamides is 1. The average Bonchev–Trinajstić information content (AvgIpc) is 2.88. The highest BCUT2D eigenvalue weighted by atomic mass is 32.2. The number of anilines is 1. The summed E-state index contributed by atoms with van der Waals surface area (Å²) in [4.78, 5) is 28.6. The van der Waals surface area contributed by atoms with E-state index in [2.05, 4.69) is 5.32 Å². The van der Waals surface area contributed by atoms with Gasteiger partial charge in [0.2, 0.25) is 11.8 Å². The second-order valence-corrected chi connectivity index (χ2v) is 12.3. The number of carbonyl (C=O) groups is 2. The van der Waals surface area contributed by atoms with Gasteiger partial charge in [0.1, 0.15) is 12.6 Å². The zero-order chi connectivity index (χ0) is 28.9. The fraction of sp³-hybridized carbons (Fsp3) is 0.355. The third-order valence-electron chi connectivity index (χ3n) is 6.80. The van der Waals surface area contributed by atoms with Gasteiger partial charge in [0.15, 0.2) is 0 Å². The number of amides is 2. The van der Waals surface area contributed by atoms with E-state index in [1.54, 1.807) is 43.3 Å². The molecule has 0 aliphatic carbocycles. The Kier molecular flexibility index (Phi) is 9.56. The van der Waals surface area contributed by atoms with Crippen molar-refractivity contribution in [3.8, 4) is 0 Å². The maximum absolute atomic E-state index is 14.0. The Bertz CT molecular complexity index is 1420. The first kappa shape index (κ1) is 29.9. The van der Waals surface area contributed by atoms with Crippen LogP contribution < -0.4 is 9.62 Å². The molecule has 0 aromatic heterocycles. The van der Waals surface area contributed by atoms with Crippen LogP contribution in [0.3, 0.4) is 0 Å². The molecule has 0 radical (unpaired) electrons. The van der Waals surface area contributed by atoms with Crippen LogP contribution in [0, 0.1) is 27.7 Å². The Hall–Kier alpha value is -3.65. The highest BCUT2D eigenvalue weighted by molar-refractivity contribution is 7.92. The number of nitrogens with one attached hydrogen (secondary N) is 1. The van der Waals surface area contributed by atoms with E-state index in [9.17, 15) is 18.0 Å². The molecule has 1 atom stereocenters. The van der Waals surface area contributed by atoms with Gasteiger partial charge in [-0.25, -0.2) is 8.42 Å². The molecule has 3 rings (SSSR count). The zero-order valence-electron chi connectivity index (χ0n) is 23.9. The lowest BCUT2D eigenvalue weighted by atomic mass is 10.1. The van der Waals surface area contributed by atoms with E-state index in [4.69, 9.17) is 0 Å². The van der Waals surface area contributed by atoms with E-state index >= 15 is 0 Å². The summed E-state index contributed by atoms with van der Waals surface area (Å²) >= 11 is 0. The second kappa shape index (κ2) is 12.5. The van der Waals surface area contributed by atoms with Crippen LogP contribution in [0.5, 0.6) is 0 Å². The average molecular weight is 550 g/mol. The lowest BCUT2D eigenvalue weighted by molar-refractivity contribution is -0.139. The number of carbonyl (C=O) groups excluding carboxylic acids is 2. The van der Waals surface area contributed by atoms with Crippen LogP contribution >= 0.6 is 0 Å². The van der Waals surface area contributed by atoms with Gasteiger partial charge in [-0.3, -0.25) is 13.9 Å². The summed E-state index contributed by atoms with van der Waals surface area (Å²) in [5, 5.41) is 2.87. The number of aryl methyl sites for hydroxylation is 3. The number of benzene rings is 3. The molecule has 0 fully saturated rings. The molecule has 208 valence electrons. The minimum atomic E-state index is -4.10. The van der Waals surface area contributed by atoms with Crippen molar-refractivity contribution in [1.82, 2.24) is 10.2 Å². The fourth-order valence-corrected chi connectivity index (χ4v) is 5.71. The number of hydrogen-bond acceptors (Lipinski definition) is 4. The van der Waals surface area contributed by atoms with Crippen molar-refractivity contribution >= 4 is 27.5 Å². The number of rotatable bonds is 10. The summed E-state index contributed by atoms with van der Waals surface area (Å²) in [6.45, 7) is 12.7. The summed E-state index contributed by atoms with van der Waals surface area (Å²) in [6, 6.07) is 18.8. The maximum Gasteiger partial charge on any atom is 0.264 e. The molecule has 0 aliphatic rings. The quantitative estimate of drug-likeness (QED) is 0.383. The third kappa shape index (κ3) is 7.26. The molecule has 3 aromatic carbocycles. The van der Waals surface area contributed by atoms with Crippen LogP contribution in [0.2, 0.25) is 0 Å². The summed E-state index contributed by atoms with van der Waals surface area (Å²) < 4.78 is 29.1. The van der Waals surface area contributed by atoms with Gasteiger partial charge in [0.05, 0.1) is 10.6 Å². The number of nitrogens with zero attached hydrogens (tertiary/aromatic N) is 2. The molecule has 7 nitrogen and oxygen atoms in total. The molecule has 8 heteroatoms. The standard InChI is InChI=1S/C31H39N3O4S/c1-21(2)32-31(36)26(7)33(19-27-15-11-22(3)12-16-27)30(35)20-34(29-10-8-9-24(5)25(29)6)39(37,38)28-17-13-23(4)14-18-28/h8-18,21,26H,19-20H2,1-7H3,(H,32,36). The van der Waals surface area contributed by atoms with Crippen molar-refractivity contribution < 1.29 is 18.0 Å². The van der Waals surface area contributed by atoms with E-state index in [-0.39, 0.29) is 23.4 Å². The summed E-state index contributed by atoms with van der Waals surface area (Å²) in [7, 11) is -4.10. The minimum Gasteiger partial charge on any atom is -0.352 e. The highest BCUT2D eigenvalue weighted by Crippen LogP contribution is 2.29. The predicted molar refractivity (Wildman–Crippen MR) is 156 cm³/mol. The van der Waals surface area contributed by atoms with Crippen molar-refractivity contribution in [3.05, 3.63) is 94.5 Å². The molecule has 1 N–H and O–H groups in total. The van der Waals surface area contributed by atoms with Crippen LogP contribution in [-0.4, -0.2) is 43.8 Å². The summed E-state index contributed by atoms with van der Waals surface area (Å²) in [5.74, 6) is -0.774. The normalized spacial score (nSPS) is 12.2. The van der Waals surface area contributed by atoms with Crippen molar-refractivity contribution in [3.63, 3.8) is 0 Å². The molecule has 0 bridgehead atoms. The molecule has 0 heterocycles. The Labute approximate surface area is 232 Å². The highest BCUT2D eigenvalue weighted by Gasteiger charge is 2.33. The van der Waals surface area contributed by atoms with Crippen molar-refractivity contribution in [2.45, 2.75) is 72.0 Å². The molecule has 2 amide bonds. The van der Waals surface area contributed by atoms with E-state index in [1.165, 1.54) is 4.90 Å². The van der Waals surface area contributed by atoms with Crippen LogP contribution in [-0.2, 0) is 26.2 Å². The summed E-state index contributed by atoms with van der Waals surface area (Å²) in [5.41, 5.74) is 4.95. The Balaban J connectivity index is 2.07. The lowest BCUT2D eigenvalue weighted by Crippen LogP contribution is -2.52. The number of hydrogen-bond donors (Lipinski definition) is 1. The predicted octanol–water partition coefficient (Wildman–Crippen LogP) is 5.06. The Morgan fingerprint density at radius 3 is 1.95 bits per heavy atom. The first-order chi connectivity index (χ1) is 18.3. The molecule has 0 saturated heterocycles. The molecule has 3 aromatic rings. The molecule has 0 spiro atoms. The first-order valence-corrected chi connectivity index (χ1v) is 14.6. The van der Waals surface area contributed by atoms with Crippen molar-refractivity contribution in [1.29, 1.82) is 0 Å². The topological polar surface area (TPSA) is 86.8 Å². The van der Waals surface area contributed by atoms with Gasteiger partial charge < -0.3 is 10.2 Å². The molecule has 0 saturated carbocycles. The monoisotopic (exact) mass is 549 g/mol. The van der Waals surface area contributed by atoms with Gasteiger partial charge >= 0.3 is 0 Å². The van der Waals surface area contributed by atoms with Gasteiger partial charge in [0, 0.05) is 12.6 Å². The molecule has 0 aliphatic heterocycles. The third-order valence-corrected chi connectivity index (χ3v) is 8.58. The van der Waals surface area contributed by atoms with E-state index < -0.39 is 28.5 Å². The van der Waals surface area contributed by atoms with E-state index in [1.807, 2.05) is 71.9 Å².